The van der Waals surface area contributed by atoms with Crippen molar-refractivity contribution in [1.82, 2.24) is 4.98 Å². The van der Waals surface area contributed by atoms with Crippen LogP contribution in [0.5, 0.6) is 0 Å². The molecule has 0 spiro atoms. The summed E-state index contributed by atoms with van der Waals surface area (Å²) in [7, 11) is 0. The van der Waals surface area contributed by atoms with Gasteiger partial charge < -0.3 is 5.73 Å². The van der Waals surface area contributed by atoms with E-state index in [1.54, 1.807) is 6.20 Å². The van der Waals surface area contributed by atoms with Crippen LogP contribution < -0.4 is 5.73 Å². The SMILES string of the molecule is NC1CCC(C(=O)c2cccc3ncccc23)CC1. The Bertz CT molecular complexity index is 595. The Morgan fingerprint density at radius 3 is 2.68 bits per heavy atom. The van der Waals surface area contributed by atoms with Gasteiger partial charge in [0, 0.05) is 29.1 Å². The van der Waals surface area contributed by atoms with Gasteiger partial charge in [0.1, 0.15) is 0 Å². The Kier molecular flexibility index (Phi) is 3.30. The largest absolute Gasteiger partial charge is 0.328 e. The standard InChI is InChI=1S/C16H18N2O/c17-12-8-6-11(7-9-12)16(19)14-3-1-5-15-13(14)4-2-10-18-15/h1-5,10-12H,6-9,17H2. The minimum absolute atomic E-state index is 0.130. The number of aromatic nitrogens is 1. The van der Waals surface area contributed by atoms with Crippen molar-refractivity contribution in [2.24, 2.45) is 11.7 Å². The van der Waals surface area contributed by atoms with Gasteiger partial charge in [-0.1, -0.05) is 18.2 Å². The van der Waals surface area contributed by atoms with Gasteiger partial charge in [0.15, 0.2) is 5.78 Å². The first-order valence-electron chi connectivity index (χ1n) is 6.89. The highest BCUT2D eigenvalue weighted by molar-refractivity contribution is 6.08. The third kappa shape index (κ3) is 2.38. The van der Waals surface area contributed by atoms with E-state index in [0.29, 0.717) is 0 Å². The number of benzene rings is 1. The van der Waals surface area contributed by atoms with E-state index in [9.17, 15) is 4.79 Å². The van der Waals surface area contributed by atoms with Gasteiger partial charge in [-0.2, -0.15) is 0 Å². The predicted octanol–water partition coefficient (Wildman–Crippen LogP) is 2.94. The topological polar surface area (TPSA) is 56.0 Å². The molecule has 1 aliphatic carbocycles. The van der Waals surface area contributed by atoms with Crippen LogP contribution in [0, 0.1) is 5.92 Å². The highest BCUT2D eigenvalue weighted by Crippen LogP contribution is 2.28. The summed E-state index contributed by atoms with van der Waals surface area (Å²) in [5.74, 6) is 0.385. The number of fused-ring (bicyclic) bond motifs is 1. The number of carbonyl (C=O) groups is 1. The van der Waals surface area contributed by atoms with Crippen LogP contribution in [0.2, 0.25) is 0 Å². The molecule has 0 bridgehead atoms. The smallest absolute Gasteiger partial charge is 0.166 e. The van der Waals surface area contributed by atoms with Crippen molar-refractivity contribution in [3.63, 3.8) is 0 Å². The Morgan fingerprint density at radius 2 is 1.89 bits per heavy atom. The number of Topliss-reactive ketones (excluding diaryl/α,β-unsaturated/α-hetero) is 1. The lowest BCUT2D eigenvalue weighted by atomic mass is 9.81. The van der Waals surface area contributed by atoms with Crippen molar-refractivity contribution in [3.8, 4) is 0 Å². The summed E-state index contributed by atoms with van der Waals surface area (Å²) in [6.07, 6.45) is 5.50. The van der Waals surface area contributed by atoms with Crippen LogP contribution >= 0.6 is 0 Å². The second-order valence-electron chi connectivity index (χ2n) is 5.35. The van der Waals surface area contributed by atoms with Crippen LogP contribution in [-0.4, -0.2) is 16.8 Å². The average Bonchev–Trinajstić information content (AvgIpc) is 2.47. The molecule has 19 heavy (non-hydrogen) atoms. The maximum atomic E-state index is 12.7. The molecule has 1 saturated carbocycles. The molecule has 0 amide bonds. The molecule has 0 radical (unpaired) electrons. The van der Waals surface area contributed by atoms with Crippen LogP contribution in [0.4, 0.5) is 0 Å². The molecule has 1 fully saturated rings. The molecule has 0 atom stereocenters. The molecular formula is C16H18N2O. The molecule has 2 aromatic rings. The molecule has 98 valence electrons. The van der Waals surface area contributed by atoms with Crippen LogP contribution in [0.3, 0.4) is 0 Å². The van der Waals surface area contributed by atoms with E-state index >= 15 is 0 Å². The quantitative estimate of drug-likeness (QED) is 0.838. The lowest BCUT2D eigenvalue weighted by molar-refractivity contribution is 0.0886. The second-order valence-corrected chi connectivity index (χ2v) is 5.35. The minimum atomic E-state index is 0.130. The molecular weight excluding hydrogens is 236 g/mol. The van der Waals surface area contributed by atoms with Gasteiger partial charge >= 0.3 is 0 Å². The van der Waals surface area contributed by atoms with Gasteiger partial charge in [-0.05, 0) is 37.8 Å². The van der Waals surface area contributed by atoms with E-state index in [1.807, 2.05) is 30.3 Å². The summed E-state index contributed by atoms with van der Waals surface area (Å²) in [4.78, 5) is 17.0. The summed E-state index contributed by atoms with van der Waals surface area (Å²) < 4.78 is 0. The molecule has 3 rings (SSSR count). The molecule has 2 N–H and O–H groups in total. The fourth-order valence-electron chi connectivity index (χ4n) is 2.92. The number of nitrogens with zero attached hydrogens (tertiary/aromatic N) is 1. The molecule has 3 heteroatoms. The number of rotatable bonds is 2. The summed E-state index contributed by atoms with van der Waals surface area (Å²) >= 11 is 0. The second kappa shape index (κ2) is 5.10. The molecule has 0 saturated heterocycles. The van der Waals surface area contributed by atoms with Crippen molar-refractivity contribution in [2.45, 2.75) is 31.7 Å². The zero-order valence-corrected chi connectivity index (χ0v) is 10.9. The molecule has 0 aliphatic heterocycles. The van der Waals surface area contributed by atoms with Crippen LogP contribution in [-0.2, 0) is 0 Å². The minimum Gasteiger partial charge on any atom is -0.328 e. The number of pyridine rings is 1. The molecule has 1 aromatic carbocycles. The van der Waals surface area contributed by atoms with Gasteiger partial charge in [-0.3, -0.25) is 9.78 Å². The maximum absolute atomic E-state index is 12.7. The monoisotopic (exact) mass is 254 g/mol. The number of carbonyl (C=O) groups excluding carboxylic acids is 1. The highest BCUT2D eigenvalue weighted by atomic mass is 16.1. The molecule has 1 aromatic heterocycles. The van der Waals surface area contributed by atoms with Gasteiger partial charge in [-0.15, -0.1) is 0 Å². The van der Waals surface area contributed by atoms with Crippen molar-refractivity contribution >= 4 is 16.7 Å². The van der Waals surface area contributed by atoms with Gasteiger partial charge in [0.05, 0.1) is 5.52 Å². The predicted molar refractivity (Wildman–Crippen MR) is 76.0 cm³/mol. The van der Waals surface area contributed by atoms with E-state index in [2.05, 4.69) is 4.98 Å². The number of nitrogens with two attached hydrogens (primary N) is 1. The summed E-state index contributed by atoms with van der Waals surface area (Å²) in [5.41, 5.74) is 7.61. The van der Waals surface area contributed by atoms with E-state index in [0.717, 1.165) is 42.1 Å². The molecule has 1 heterocycles. The van der Waals surface area contributed by atoms with E-state index in [-0.39, 0.29) is 17.7 Å². The third-order valence-electron chi connectivity index (χ3n) is 4.05. The fourth-order valence-corrected chi connectivity index (χ4v) is 2.92. The van der Waals surface area contributed by atoms with Crippen LogP contribution in [0.1, 0.15) is 36.0 Å². The molecule has 0 unspecified atom stereocenters. The van der Waals surface area contributed by atoms with Gasteiger partial charge in [-0.25, -0.2) is 0 Å². The Hall–Kier alpha value is -1.74. The fraction of sp³-hybridized carbons (Fsp3) is 0.375. The molecule has 1 aliphatic rings. The number of hydrogen-bond donors (Lipinski definition) is 1. The highest BCUT2D eigenvalue weighted by Gasteiger charge is 2.26. The first-order valence-corrected chi connectivity index (χ1v) is 6.89. The van der Waals surface area contributed by atoms with Gasteiger partial charge in [0.2, 0.25) is 0 Å². The van der Waals surface area contributed by atoms with Crippen LogP contribution in [0.15, 0.2) is 36.5 Å². The zero-order chi connectivity index (χ0) is 13.2. The van der Waals surface area contributed by atoms with E-state index in [1.165, 1.54) is 0 Å². The summed E-state index contributed by atoms with van der Waals surface area (Å²) in [6.45, 7) is 0. The third-order valence-corrected chi connectivity index (χ3v) is 4.05. The normalized spacial score (nSPS) is 23.4. The van der Waals surface area contributed by atoms with Crippen molar-refractivity contribution in [2.75, 3.05) is 0 Å². The summed E-state index contributed by atoms with van der Waals surface area (Å²) in [6, 6.07) is 9.92. The maximum Gasteiger partial charge on any atom is 0.166 e. The van der Waals surface area contributed by atoms with Crippen LogP contribution in [0.25, 0.3) is 10.9 Å². The average molecular weight is 254 g/mol. The Labute approximate surface area is 112 Å². The number of hydrogen-bond acceptors (Lipinski definition) is 3. The van der Waals surface area contributed by atoms with Crippen molar-refractivity contribution < 1.29 is 4.79 Å². The lowest BCUT2D eigenvalue weighted by Gasteiger charge is -2.25. The van der Waals surface area contributed by atoms with E-state index in [4.69, 9.17) is 5.73 Å². The lowest BCUT2D eigenvalue weighted by Crippen LogP contribution is -2.29. The number of ketones is 1. The van der Waals surface area contributed by atoms with Gasteiger partial charge in [0.25, 0.3) is 0 Å². The first kappa shape index (κ1) is 12.3. The van der Waals surface area contributed by atoms with E-state index < -0.39 is 0 Å². The van der Waals surface area contributed by atoms with Crippen molar-refractivity contribution in [3.05, 3.63) is 42.1 Å². The Morgan fingerprint density at radius 1 is 1.11 bits per heavy atom. The molecule has 3 nitrogen and oxygen atoms in total. The summed E-state index contributed by atoms with van der Waals surface area (Å²) in [5, 5.41) is 0.963. The Balaban J connectivity index is 1.93. The van der Waals surface area contributed by atoms with Crippen molar-refractivity contribution in [1.29, 1.82) is 0 Å². The first-order chi connectivity index (χ1) is 9.25. The zero-order valence-electron chi connectivity index (χ0n) is 10.9.